The molecule has 4 nitrogen and oxygen atoms in total. The van der Waals surface area contributed by atoms with Gasteiger partial charge in [-0.15, -0.1) is 0 Å². The number of amides is 1. The zero-order valence-corrected chi connectivity index (χ0v) is 11.7. The Morgan fingerprint density at radius 1 is 1.33 bits per heavy atom. The van der Waals surface area contributed by atoms with Gasteiger partial charge >= 0.3 is 6.09 Å². The van der Waals surface area contributed by atoms with Crippen LogP contribution in [0.5, 0.6) is 5.75 Å². The highest BCUT2D eigenvalue weighted by molar-refractivity contribution is 5.87. The van der Waals surface area contributed by atoms with Gasteiger partial charge in [0.05, 0.1) is 12.8 Å². The molecular formula is C14H21NO3. The largest absolute Gasteiger partial charge is 0.495 e. The smallest absolute Gasteiger partial charge is 0.412 e. The van der Waals surface area contributed by atoms with E-state index in [1.54, 1.807) is 7.11 Å². The van der Waals surface area contributed by atoms with Crippen molar-refractivity contribution in [3.05, 3.63) is 23.8 Å². The molecule has 0 atom stereocenters. The van der Waals surface area contributed by atoms with Gasteiger partial charge in [-0.3, -0.25) is 5.32 Å². The van der Waals surface area contributed by atoms with E-state index in [0.717, 1.165) is 12.0 Å². The molecule has 0 aliphatic heterocycles. The summed E-state index contributed by atoms with van der Waals surface area (Å²) in [5.74, 6) is 0.639. The van der Waals surface area contributed by atoms with Crippen LogP contribution in [-0.4, -0.2) is 18.8 Å². The fourth-order valence-corrected chi connectivity index (χ4v) is 1.47. The molecule has 1 N–H and O–H groups in total. The summed E-state index contributed by atoms with van der Waals surface area (Å²) in [4.78, 5) is 11.7. The number of aryl methyl sites for hydroxylation is 1. The van der Waals surface area contributed by atoms with Gasteiger partial charge in [0.25, 0.3) is 0 Å². The molecule has 0 heterocycles. The van der Waals surface area contributed by atoms with Crippen molar-refractivity contribution >= 4 is 11.8 Å². The predicted molar refractivity (Wildman–Crippen MR) is 72.2 cm³/mol. The van der Waals surface area contributed by atoms with Crippen LogP contribution in [0.1, 0.15) is 33.3 Å². The van der Waals surface area contributed by atoms with Crippen LogP contribution in [0.3, 0.4) is 0 Å². The minimum atomic E-state index is -0.513. The SMILES string of the molecule is CCc1ccc(NC(=O)OC(C)(C)C)c(OC)c1. The highest BCUT2D eigenvalue weighted by Crippen LogP contribution is 2.26. The first-order chi connectivity index (χ1) is 8.35. The van der Waals surface area contributed by atoms with Crippen molar-refractivity contribution in [2.75, 3.05) is 12.4 Å². The molecule has 0 spiro atoms. The Morgan fingerprint density at radius 3 is 2.50 bits per heavy atom. The van der Waals surface area contributed by atoms with E-state index >= 15 is 0 Å². The average molecular weight is 251 g/mol. The van der Waals surface area contributed by atoms with E-state index < -0.39 is 11.7 Å². The second-order valence-corrected chi connectivity index (χ2v) is 5.02. The summed E-state index contributed by atoms with van der Waals surface area (Å²) in [5.41, 5.74) is 1.26. The number of benzene rings is 1. The number of anilines is 1. The minimum Gasteiger partial charge on any atom is -0.495 e. The fraction of sp³-hybridized carbons (Fsp3) is 0.500. The number of ether oxygens (including phenoxy) is 2. The van der Waals surface area contributed by atoms with Gasteiger partial charge in [-0.1, -0.05) is 13.0 Å². The van der Waals surface area contributed by atoms with Crippen LogP contribution < -0.4 is 10.1 Å². The lowest BCUT2D eigenvalue weighted by Crippen LogP contribution is -2.27. The Balaban J connectivity index is 2.81. The molecule has 0 fully saturated rings. The van der Waals surface area contributed by atoms with Crippen molar-refractivity contribution < 1.29 is 14.3 Å². The Labute approximate surface area is 108 Å². The molecule has 0 radical (unpaired) electrons. The molecule has 0 saturated heterocycles. The van der Waals surface area contributed by atoms with Crippen molar-refractivity contribution in [2.24, 2.45) is 0 Å². The van der Waals surface area contributed by atoms with Crippen molar-refractivity contribution in [2.45, 2.75) is 39.7 Å². The predicted octanol–water partition coefficient (Wildman–Crippen LogP) is 3.60. The van der Waals surface area contributed by atoms with Gasteiger partial charge in [-0.2, -0.15) is 0 Å². The number of carbonyl (C=O) groups is 1. The van der Waals surface area contributed by atoms with Crippen LogP contribution in [0.15, 0.2) is 18.2 Å². The number of methoxy groups -OCH3 is 1. The van der Waals surface area contributed by atoms with Crippen LogP contribution in [0.2, 0.25) is 0 Å². The van der Waals surface area contributed by atoms with E-state index in [0.29, 0.717) is 11.4 Å². The average Bonchev–Trinajstić information content (AvgIpc) is 2.27. The molecule has 4 heteroatoms. The zero-order chi connectivity index (χ0) is 13.8. The summed E-state index contributed by atoms with van der Waals surface area (Å²) in [7, 11) is 1.58. The molecule has 1 aromatic rings. The van der Waals surface area contributed by atoms with E-state index in [4.69, 9.17) is 9.47 Å². The summed E-state index contributed by atoms with van der Waals surface area (Å²) in [5, 5.41) is 2.68. The van der Waals surface area contributed by atoms with Crippen LogP contribution in [0, 0.1) is 0 Å². The van der Waals surface area contributed by atoms with E-state index in [9.17, 15) is 4.79 Å². The molecule has 100 valence electrons. The number of carbonyl (C=O) groups excluding carboxylic acids is 1. The van der Waals surface area contributed by atoms with Gasteiger partial charge in [0.15, 0.2) is 0 Å². The van der Waals surface area contributed by atoms with Crippen molar-refractivity contribution in [1.82, 2.24) is 0 Å². The van der Waals surface area contributed by atoms with Gasteiger partial charge in [0.1, 0.15) is 11.4 Å². The lowest BCUT2D eigenvalue weighted by molar-refractivity contribution is 0.0635. The molecule has 1 amide bonds. The third-order valence-electron chi connectivity index (χ3n) is 2.31. The lowest BCUT2D eigenvalue weighted by Gasteiger charge is -2.20. The molecule has 0 saturated carbocycles. The van der Waals surface area contributed by atoms with Gasteiger partial charge in [0, 0.05) is 0 Å². The minimum absolute atomic E-state index is 0.481. The molecule has 0 aromatic heterocycles. The Hall–Kier alpha value is -1.71. The number of rotatable bonds is 3. The molecule has 0 unspecified atom stereocenters. The van der Waals surface area contributed by atoms with Gasteiger partial charge in [-0.05, 0) is 44.9 Å². The second-order valence-electron chi connectivity index (χ2n) is 5.02. The van der Waals surface area contributed by atoms with E-state index in [2.05, 4.69) is 12.2 Å². The first-order valence-electron chi connectivity index (χ1n) is 6.02. The fourth-order valence-electron chi connectivity index (χ4n) is 1.47. The first kappa shape index (κ1) is 14.4. The Kier molecular flexibility index (Phi) is 4.59. The normalized spacial score (nSPS) is 10.9. The highest BCUT2D eigenvalue weighted by Gasteiger charge is 2.17. The monoisotopic (exact) mass is 251 g/mol. The number of hydrogen-bond donors (Lipinski definition) is 1. The highest BCUT2D eigenvalue weighted by atomic mass is 16.6. The summed E-state index contributed by atoms with van der Waals surface area (Å²) < 4.78 is 10.4. The molecular weight excluding hydrogens is 230 g/mol. The summed E-state index contributed by atoms with van der Waals surface area (Å²) in [6.45, 7) is 7.54. The van der Waals surface area contributed by atoms with Crippen molar-refractivity contribution in [3.8, 4) is 5.75 Å². The quantitative estimate of drug-likeness (QED) is 0.892. The maximum absolute atomic E-state index is 11.7. The second kappa shape index (κ2) is 5.76. The third-order valence-corrected chi connectivity index (χ3v) is 2.31. The summed E-state index contributed by atoms with van der Waals surface area (Å²) in [6, 6.07) is 5.68. The Bertz CT molecular complexity index is 422. The summed E-state index contributed by atoms with van der Waals surface area (Å²) in [6.07, 6.45) is 0.438. The zero-order valence-electron chi connectivity index (χ0n) is 11.7. The molecule has 18 heavy (non-hydrogen) atoms. The van der Waals surface area contributed by atoms with E-state index in [-0.39, 0.29) is 0 Å². The summed E-state index contributed by atoms with van der Waals surface area (Å²) >= 11 is 0. The van der Waals surface area contributed by atoms with Gasteiger partial charge in [-0.25, -0.2) is 4.79 Å². The molecule has 1 aromatic carbocycles. The van der Waals surface area contributed by atoms with Crippen LogP contribution >= 0.6 is 0 Å². The number of nitrogens with one attached hydrogen (secondary N) is 1. The Morgan fingerprint density at radius 2 is 2.00 bits per heavy atom. The van der Waals surface area contributed by atoms with E-state index in [1.807, 2.05) is 39.0 Å². The van der Waals surface area contributed by atoms with E-state index in [1.165, 1.54) is 0 Å². The lowest BCUT2D eigenvalue weighted by atomic mass is 10.1. The van der Waals surface area contributed by atoms with Crippen molar-refractivity contribution in [1.29, 1.82) is 0 Å². The molecule has 0 aliphatic rings. The standard InChI is InChI=1S/C14H21NO3/c1-6-10-7-8-11(12(9-10)17-5)15-13(16)18-14(2,3)4/h7-9H,6H2,1-5H3,(H,15,16). The van der Waals surface area contributed by atoms with Crippen LogP contribution in [-0.2, 0) is 11.2 Å². The molecule has 0 bridgehead atoms. The van der Waals surface area contributed by atoms with Gasteiger partial charge in [0.2, 0.25) is 0 Å². The van der Waals surface area contributed by atoms with Crippen LogP contribution in [0.25, 0.3) is 0 Å². The first-order valence-corrected chi connectivity index (χ1v) is 6.02. The molecule has 1 rings (SSSR count). The number of hydrogen-bond acceptors (Lipinski definition) is 3. The maximum atomic E-state index is 11.7. The van der Waals surface area contributed by atoms with Crippen molar-refractivity contribution in [3.63, 3.8) is 0 Å². The topological polar surface area (TPSA) is 47.6 Å². The van der Waals surface area contributed by atoms with Crippen LogP contribution in [0.4, 0.5) is 10.5 Å². The molecule has 0 aliphatic carbocycles. The third kappa shape index (κ3) is 4.28. The van der Waals surface area contributed by atoms with Gasteiger partial charge < -0.3 is 9.47 Å². The maximum Gasteiger partial charge on any atom is 0.412 e.